The molecule has 1 aromatic heterocycles. The lowest BCUT2D eigenvalue weighted by Crippen LogP contribution is -2.14. The van der Waals surface area contributed by atoms with E-state index in [1.165, 1.54) is 16.2 Å². The monoisotopic (exact) mass is 418 g/mol. The van der Waals surface area contributed by atoms with Gasteiger partial charge in [0.05, 0.1) is 12.1 Å². The third-order valence-corrected chi connectivity index (χ3v) is 6.14. The Morgan fingerprint density at radius 2 is 1.88 bits per heavy atom. The third-order valence-electron chi connectivity index (χ3n) is 3.18. The molecule has 2 aromatic carbocycles. The van der Waals surface area contributed by atoms with Crippen LogP contribution in [0.2, 0.25) is 0 Å². The third kappa shape index (κ3) is 4.93. The molecular formula is C18H15BrN2OS2. The molecule has 3 rings (SSSR count). The molecule has 0 radical (unpaired) electrons. The number of nitrogens with one attached hydrogen (secondary N) is 1. The minimum absolute atomic E-state index is 0.0412. The van der Waals surface area contributed by atoms with Gasteiger partial charge in [0.2, 0.25) is 5.91 Å². The fraction of sp³-hybridized carbons (Fsp3) is 0.111. The lowest BCUT2D eigenvalue weighted by Gasteiger charge is -2.03. The van der Waals surface area contributed by atoms with E-state index in [2.05, 4.69) is 32.3 Å². The van der Waals surface area contributed by atoms with Crippen LogP contribution in [0.3, 0.4) is 0 Å². The molecule has 1 heterocycles. The number of aromatic nitrogens is 1. The summed E-state index contributed by atoms with van der Waals surface area (Å²) in [5.41, 5.74) is 1.81. The zero-order chi connectivity index (χ0) is 16.8. The average Bonchev–Trinajstić information content (AvgIpc) is 3.02. The number of halogens is 1. The predicted molar refractivity (Wildman–Crippen MR) is 105 cm³/mol. The van der Waals surface area contributed by atoms with Gasteiger partial charge in [-0.15, -0.1) is 23.1 Å². The molecule has 0 aliphatic rings. The summed E-state index contributed by atoms with van der Waals surface area (Å²) in [6, 6.07) is 17.6. The van der Waals surface area contributed by atoms with Crippen LogP contribution in [0.15, 0.2) is 69.3 Å². The minimum atomic E-state index is -0.0412. The Kier molecular flexibility index (Phi) is 6.07. The van der Waals surface area contributed by atoms with E-state index >= 15 is 0 Å². The lowest BCUT2D eigenvalue weighted by molar-refractivity contribution is -0.115. The fourth-order valence-electron chi connectivity index (χ4n) is 2.07. The first-order chi connectivity index (χ1) is 11.7. The molecule has 6 heteroatoms. The molecule has 0 saturated carbocycles. The molecule has 0 aliphatic heterocycles. The fourth-order valence-corrected chi connectivity index (χ4v) is 4.43. The van der Waals surface area contributed by atoms with Crippen molar-refractivity contribution in [3.05, 3.63) is 75.2 Å². The molecule has 0 saturated heterocycles. The SMILES string of the molecule is O=C(Cc1nc(CSc2ccccc2Br)cs1)Nc1ccccc1. The van der Waals surface area contributed by atoms with Crippen LogP contribution in [0.25, 0.3) is 0 Å². The Bertz CT molecular complexity index is 821. The highest BCUT2D eigenvalue weighted by atomic mass is 79.9. The number of hydrogen-bond donors (Lipinski definition) is 1. The Morgan fingerprint density at radius 3 is 2.67 bits per heavy atom. The van der Waals surface area contributed by atoms with Crippen LogP contribution in [0.1, 0.15) is 10.7 Å². The van der Waals surface area contributed by atoms with Gasteiger partial charge in [-0.25, -0.2) is 4.98 Å². The summed E-state index contributed by atoms with van der Waals surface area (Å²) in [6.07, 6.45) is 0.305. The van der Waals surface area contributed by atoms with Crippen molar-refractivity contribution in [3.8, 4) is 0 Å². The molecule has 0 aliphatic carbocycles. The summed E-state index contributed by atoms with van der Waals surface area (Å²) >= 11 is 6.81. The van der Waals surface area contributed by atoms with Crippen molar-refractivity contribution in [2.75, 3.05) is 5.32 Å². The quantitative estimate of drug-likeness (QED) is 0.546. The molecule has 3 nitrogen and oxygen atoms in total. The first-order valence-corrected chi connectivity index (χ1v) is 10.0. The molecule has 0 unspecified atom stereocenters. The Labute approximate surface area is 157 Å². The van der Waals surface area contributed by atoms with Gasteiger partial charge in [0.25, 0.3) is 0 Å². The molecule has 1 N–H and O–H groups in total. The van der Waals surface area contributed by atoms with Gasteiger partial charge in [-0.1, -0.05) is 30.3 Å². The molecule has 3 aromatic rings. The number of para-hydroxylation sites is 1. The van der Waals surface area contributed by atoms with E-state index in [1.807, 2.05) is 53.9 Å². The Balaban J connectivity index is 1.54. The molecule has 0 spiro atoms. The number of thioether (sulfide) groups is 1. The van der Waals surface area contributed by atoms with E-state index in [-0.39, 0.29) is 5.91 Å². The maximum Gasteiger partial charge on any atom is 0.231 e. The van der Waals surface area contributed by atoms with Crippen LogP contribution in [0.4, 0.5) is 5.69 Å². The molecule has 122 valence electrons. The number of benzene rings is 2. The van der Waals surface area contributed by atoms with E-state index in [1.54, 1.807) is 11.8 Å². The van der Waals surface area contributed by atoms with Crippen molar-refractivity contribution in [1.82, 2.24) is 4.98 Å². The highest BCUT2D eigenvalue weighted by Gasteiger charge is 2.09. The second kappa shape index (κ2) is 8.46. The molecule has 0 fully saturated rings. The summed E-state index contributed by atoms with van der Waals surface area (Å²) in [6.45, 7) is 0. The highest BCUT2D eigenvalue weighted by Crippen LogP contribution is 2.30. The van der Waals surface area contributed by atoms with Crippen LogP contribution in [0.5, 0.6) is 0 Å². The summed E-state index contributed by atoms with van der Waals surface area (Å²) in [5.74, 6) is 0.750. The summed E-state index contributed by atoms with van der Waals surface area (Å²) in [5, 5.41) is 5.74. The normalized spacial score (nSPS) is 10.5. The second-order valence-corrected chi connectivity index (χ2v) is 7.86. The minimum Gasteiger partial charge on any atom is -0.326 e. The maximum absolute atomic E-state index is 12.1. The van der Waals surface area contributed by atoms with Crippen LogP contribution < -0.4 is 5.32 Å². The zero-order valence-corrected chi connectivity index (χ0v) is 16.0. The van der Waals surface area contributed by atoms with E-state index < -0.39 is 0 Å². The van der Waals surface area contributed by atoms with Crippen molar-refractivity contribution < 1.29 is 4.79 Å². The summed E-state index contributed by atoms with van der Waals surface area (Å²) in [7, 11) is 0. The number of carbonyl (C=O) groups is 1. The average molecular weight is 419 g/mol. The number of carbonyl (C=O) groups excluding carboxylic acids is 1. The number of nitrogens with zero attached hydrogens (tertiary/aromatic N) is 1. The molecule has 0 bridgehead atoms. The summed E-state index contributed by atoms with van der Waals surface area (Å²) in [4.78, 5) is 17.8. The lowest BCUT2D eigenvalue weighted by atomic mass is 10.3. The molecule has 24 heavy (non-hydrogen) atoms. The van der Waals surface area contributed by atoms with Crippen molar-refractivity contribution in [1.29, 1.82) is 0 Å². The van der Waals surface area contributed by atoms with Crippen molar-refractivity contribution in [2.45, 2.75) is 17.1 Å². The molecule has 1 amide bonds. The van der Waals surface area contributed by atoms with Gasteiger partial charge in [-0.05, 0) is 40.2 Å². The van der Waals surface area contributed by atoms with E-state index in [0.29, 0.717) is 6.42 Å². The Hall–Kier alpha value is -1.63. The van der Waals surface area contributed by atoms with Crippen LogP contribution in [-0.2, 0) is 17.0 Å². The van der Waals surface area contributed by atoms with Crippen molar-refractivity contribution in [3.63, 3.8) is 0 Å². The topological polar surface area (TPSA) is 42.0 Å². The smallest absolute Gasteiger partial charge is 0.231 e. The Morgan fingerprint density at radius 1 is 1.12 bits per heavy atom. The van der Waals surface area contributed by atoms with Gasteiger partial charge < -0.3 is 5.32 Å². The maximum atomic E-state index is 12.1. The number of rotatable bonds is 6. The van der Waals surface area contributed by atoms with Gasteiger partial charge in [0.15, 0.2) is 0 Å². The number of thiazole rings is 1. The number of anilines is 1. The van der Waals surface area contributed by atoms with E-state index in [0.717, 1.165) is 26.6 Å². The molecule has 0 atom stereocenters. The first kappa shape index (κ1) is 17.2. The summed E-state index contributed by atoms with van der Waals surface area (Å²) < 4.78 is 1.09. The van der Waals surface area contributed by atoms with Gasteiger partial charge in [-0.2, -0.15) is 0 Å². The van der Waals surface area contributed by atoms with Crippen LogP contribution in [-0.4, -0.2) is 10.9 Å². The highest BCUT2D eigenvalue weighted by molar-refractivity contribution is 9.10. The molecular weight excluding hydrogens is 404 g/mol. The number of hydrogen-bond acceptors (Lipinski definition) is 4. The standard InChI is InChI=1S/C18H15BrN2OS2/c19-15-8-4-5-9-16(15)23-11-14-12-24-18(21-14)10-17(22)20-13-6-2-1-3-7-13/h1-9,12H,10-11H2,(H,20,22). The predicted octanol–water partition coefficient (Wildman–Crippen LogP) is 5.38. The van der Waals surface area contributed by atoms with Crippen LogP contribution >= 0.6 is 39.0 Å². The van der Waals surface area contributed by atoms with Crippen molar-refractivity contribution >= 4 is 50.6 Å². The van der Waals surface area contributed by atoms with Gasteiger partial charge in [0, 0.05) is 26.2 Å². The number of amides is 1. The van der Waals surface area contributed by atoms with Crippen LogP contribution in [0, 0.1) is 0 Å². The largest absolute Gasteiger partial charge is 0.326 e. The van der Waals surface area contributed by atoms with E-state index in [4.69, 9.17) is 0 Å². The second-order valence-electron chi connectivity index (χ2n) is 5.04. The van der Waals surface area contributed by atoms with Gasteiger partial charge >= 0.3 is 0 Å². The first-order valence-electron chi connectivity index (χ1n) is 7.36. The van der Waals surface area contributed by atoms with Gasteiger partial charge in [-0.3, -0.25) is 4.79 Å². The van der Waals surface area contributed by atoms with Crippen molar-refractivity contribution in [2.24, 2.45) is 0 Å². The van der Waals surface area contributed by atoms with Gasteiger partial charge in [0.1, 0.15) is 5.01 Å². The zero-order valence-electron chi connectivity index (χ0n) is 12.7. The van der Waals surface area contributed by atoms with E-state index in [9.17, 15) is 4.79 Å².